The summed E-state index contributed by atoms with van der Waals surface area (Å²) in [4.78, 5) is 23.5. The van der Waals surface area contributed by atoms with Crippen molar-refractivity contribution in [3.8, 4) is 0 Å². The molecule has 2 saturated heterocycles. The summed E-state index contributed by atoms with van der Waals surface area (Å²) < 4.78 is 5.46. The predicted molar refractivity (Wildman–Crippen MR) is 116 cm³/mol. The zero-order valence-electron chi connectivity index (χ0n) is 17.7. The molecule has 1 N–H and O–H groups in total. The van der Waals surface area contributed by atoms with E-state index in [4.69, 9.17) is 16.3 Å². The van der Waals surface area contributed by atoms with Crippen LogP contribution in [-0.4, -0.2) is 91.6 Å². The number of aliphatic imine (C=N–C) groups is 1. The fourth-order valence-corrected chi connectivity index (χ4v) is 3.90. The third-order valence-corrected chi connectivity index (χ3v) is 5.91. The highest BCUT2D eigenvalue weighted by molar-refractivity contribution is 6.30. The number of amides is 1. The lowest BCUT2D eigenvalue weighted by molar-refractivity contribution is -0.135. The van der Waals surface area contributed by atoms with E-state index in [1.54, 1.807) is 7.05 Å². The Morgan fingerprint density at radius 1 is 1.17 bits per heavy atom. The minimum Gasteiger partial charge on any atom is -0.379 e. The molecule has 29 heavy (non-hydrogen) atoms. The summed E-state index contributed by atoms with van der Waals surface area (Å²) in [5.74, 6) is 0.896. The Hall–Kier alpha value is -1.83. The number of nitrogens with one attached hydrogen (secondary N) is 1. The molecule has 0 aromatic heterocycles. The second-order valence-corrected chi connectivity index (χ2v) is 8.61. The van der Waals surface area contributed by atoms with Crippen molar-refractivity contribution >= 4 is 23.5 Å². The molecule has 0 aliphatic carbocycles. The number of halogens is 1. The van der Waals surface area contributed by atoms with Crippen molar-refractivity contribution in [2.45, 2.75) is 25.9 Å². The first kappa shape index (κ1) is 21.9. The number of morpholine rings is 1. The molecule has 2 fully saturated rings. The van der Waals surface area contributed by atoms with E-state index in [0.717, 1.165) is 50.9 Å². The molecule has 160 valence electrons. The summed E-state index contributed by atoms with van der Waals surface area (Å²) in [5, 5.41) is 4.18. The number of rotatable bonds is 5. The Labute approximate surface area is 178 Å². The monoisotopic (exact) mass is 421 g/mol. The van der Waals surface area contributed by atoms with E-state index in [1.165, 1.54) is 0 Å². The maximum atomic E-state index is 12.7. The van der Waals surface area contributed by atoms with Crippen LogP contribution in [0.5, 0.6) is 0 Å². The quantitative estimate of drug-likeness (QED) is 0.579. The first-order chi connectivity index (χ1) is 13.9. The minimum absolute atomic E-state index is 0.0138. The van der Waals surface area contributed by atoms with Gasteiger partial charge in [0.05, 0.1) is 19.8 Å². The molecule has 0 radical (unpaired) electrons. The fourth-order valence-electron chi connectivity index (χ4n) is 3.77. The Morgan fingerprint density at radius 2 is 1.86 bits per heavy atom. The van der Waals surface area contributed by atoms with Gasteiger partial charge in [0, 0.05) is 56.9 Å². The molecular weight excluding hydrogens is 390 g/mol. The second kappa shape index (κ2) is 9.78. The van der Waals surface area contributed by atoms with E-state index in [0.29, 0.717) is 24.7 Å². The summed E-state index contributed by atoms with van der Waals surface area (Å²) in [6, 6.07) is 7.66. The smallest absolute Gasteiger partial charge is 0.242 e. The largest absolute Gasteiger partial charge is 0.379 e. The number of hydrogen-bond donors (Lipinski definition) is 1. The Morgan fingerprint density at radius 3 is 2.48 bits per heavy atom. The lowest BCUT2D eigenvalue weighted by Gasteiger charge is -2.42. The number of hydrogen-bond acceptors (Lipinski definition) is 4. The third kappa shape index (κ3) is 5.84. The van der Waals surface area contributed by atoms with E-state index in [1.807, 2.05) is 34.1 Å². The van der Waals surface area contributed by atoms with Crippen molar-refractivity contribution in [2.75, 3.05) is 59.5 Å². The van der Waals surface area contributed by atoms with Crippen molar-refractivity contribution in [1.82, 2.24) is 20.0 Å². The van der Waals surface area contributed by atoms with E-state index in [-0.39, 0.29) is 11.4 Å². The normalized spacial score (nSPS) is 19.6. The molecule has 8 heteroatoms. The fraction of sp³-hybridized carbons (Fsp3) is 0.619. The highest BCUT2D eigenvalue weighted by Crippen LogP contribution is 2.16. The van der Waals surface area contributed by atoms with Gasteiger partial charge >= 0.3 is 0 Å². The van der Waals surface area contributed by atoms with Crippen LogP contribution in [0, 0.1) is 0 Å². The maximum Gasteiger partial charge on any atom is 0.242 e. The van der Waals surface area contributed by atoms with Gasteiger partial charge in [-0.25, -0.2) is 0 Å². The number of ether oxygens (including phenoxy) is 1. The Bertz CT molecular complexity index is 716. The zero-order chi connectivity index (χ0) is 20.9. The van der Waals surface area contributed by atoms with Crippen molar-refractivity contribution in [3.05, 3.63) is 34.9 Å². The summed E-state index contributed by atoms with van der Waals surface area (Å²) in [7, 11) is 1.77. The van der Waals surface area contributed by atoms with Gasteiger partial charge in [-0.1, -0.05) is 23.7 Å². The average Bonchev–Trinajstić information content (AvgIpc) is 2.72. The van der Waals surface area contributed by atoms with E-state index in [9.17, 15) is 4.79 Å². The first-order valence-corrected chi connectivity index (χ1v) is 10.6. The number of benzene rings is 1. The van der Waals surface area contributed by atoms with E-state index >= 15 is 0 Å². The van der Waals surface area contributed by atoms with Gasteiger partial charge in [-0.05, 0) is 31.5 Å². The molecule has 2 aliphatic heterocycles. The van der Waals surface area contributed by atoms with Crippen LogP contribution < -0.4 is 5.32 Å². The van der Waals surface area contributed by atoms with Crippen molar-refractivity contribution in [2.24, 2.45) is 4.99 Å². The van der Waals surface area contributed by atoms with Gasteiger partial charge in [-0.3, -0.25) is 14.7 Å². The van der Waals surface area contributed by atoms with E-state index < -0.39 is 0 Å². The molecule has 2 aliphatic rings. The van der Waals surface area contributed by atoms with Crippen LogP contribution >= 0.6 is 11.6 Å². The SMILES string of the molecule is CN=C(NCC(C)(C)N1CCOCC1)N1CCN(Cc2ccc(Cl)cc2)C(=O)C1. The zero-order valence-corrected chi connectivity index (χ0v) is 18.4. The van der Waals surface area contributed by atoms with Gasteiger partial charge < -0.3 is 19.9 Å². The van der Waals surface area contributed by atoms with Crippen molar-refractivity contribution in [3.63, 3.8) is 0 Å². The first-order valence-electron chi connectivity index (χ1n) is 10.2. The summed E-state index contributed by atoms with van der Waals surface area (Å²) in [5.41, 5.74) is 1.08. The van der Waals surface area contributed by atoms with Crippen molar-refractivity contribution < 1.29 is 9.53 Å². The van der Waals surface area contributed by atoms with Crippen LogP contribution in [-0.2, 0) is 16.1 Å². The summed E-state index contributed by atoms with van der Waals surface area (Å²) >= 11 is 5.95. The third-order valence-electron chi connectivity index (χ3n) is 5.66. The van der Waals surface area contributed by atoms with Crippen LogP contribution in [0.4, 0.5) is 0 Å². The van der Waals surface area contributed by atoms with Crippen LogP contribution in [0.15, 0.2) is 29.3 Å². The molecule has 1 aromatic rings. The highest BCUT2D eigenvalue weighted by atomic mass is 35.5. The Balaban J connectivity index is 1.52. The molecule has 0 saturated carbocycles. The van der Waals surface area contributed by atoms with Gasteiger partial charge in [0.25, 0.3) is 0 Å². The van der Waals surface area contributed by atoms with Gasteiger partial charge in [0.15, 0.2) is 5.96 Å². The topological polar surface area (TPSA) is 60.4 Å². The predicted octanol–water partition coefficient (Wildman–Crippen LogP) is 1.67. The maximum absolute atomic E-state index is 12.7. The summed E-state index contributed by atoms with van der Waals surface area (Å²) in [6.45, 7) is 11.0. The van der Waals surface area contributed by atoms with Crippen LogP contribution in [0.2, 0.25) is 5.02 Å². The number of piperazine rings is 1. The number of nitrogens with zero attached hydrogens (tertiary/aromatic N) is 4. The van der Waals surface area contributed by atoms with Crippen LogP contribution in [0.1, 0.15) is 19.4 Å². The number of guanidine groups is 1. The summed E-state index contributed by atoms with van der Waals surface area (Å²) in [6.07, 6.45) is 0. The second-order valence-electron chi connectivity index (χ2n) is 8.18. The molecule has 2 heterocycles. The lowest BCUT2D eigenvalue weighted by Crippen LogP contribution is -2.59. The highest BCUT2D eigenvalue weighted by Gasteiger charge is 2.30. The molecule has 0 spiro atoms. The van der Waals surface area contributed by atoms with Crippen LogP contribution in [0.3, 0.4) is 0 Å². The Kier molecular flexibility index (Phi) is 7.38. The number of carbonyl (C=O) groups is 1. The lowest BCUT2D eigenvalue weighted by atomic mass is 10.0. The van der Waals surface area contributed by atoms with Gasteiger partial charge in [0.1, 0.15) is 0 Å². The standard InChI is InChI=1S/C21H32ClN5O2/c1-21(2,27-10-12-29-13-11-27)16-24-20(23-3)26-9-8-25(19(28)15-26)14-17-4-6-18(22)7-5-17/h4-7H,8-16H2,1-3H3,(H,23,24). The van der Waals surface area contributed by atoms with Gasteiger partial charge in [0.2, 0.25) is 5.91 Å². The molecule has 1 aromatic carbocycles. The van der Waals surface area contributed by atoms with Gasteiger partial charge in [-0.15, -0.1) is 0 Å². The number of carbonyl (C=O) groups excluding carboxylic acids is 1. The van der Waals surface area contributed by atoms with Crippen molar-refractivity contribution in [1.29, 1.82) is 0 Å². The van der Waals surface area contributed by atoms with Gasteiger partial charge in [-0.2, -0.15) is 0 Å². The molecule has 0 atom stereocenters. The molecule has 3 rings (SSSR count). The molecule has 7 nitrogen and oxygen atoms in total. The molecular formula is C21H32ClN5O2. The minimum atomic E-state index is -0.0138. The van der Waals surface area contributed by atoms with Crippen LogP contribution in [0.25, 0.3) is 0 Å². The molecule has 0 bridgehead atoms. The molecule has 0 unspecified atom stereocenters. The van der Waals surface area contributed by atoms with E-state index in [2.05, 4.69) is 29.1 Å². The average molecular weight is 422 g/mol. The molecule has 1 amide bonds.